The Morgan fingerprint density at radius 2 is 2.20 bits per heavy atom. The van der Waals surface area contributed by atoms with E-state index in [4.69, 9.17) is 4.74 Å². The van der Waals surface area contributed by atoms with Gasteiger partial charge in [-0.25, -0.2) is 0 Å². The predicted molar refractivity (Wildman–Crippen MR) is 65.5 cm³/mol. The lowest BCUT2D eigenvalue weighted by Crippen LogP contribution is -1.96. The molecule has 0 aliphatic carbocycles. The van der Waals surface area contributed by atoms with E-state index >= 15 is 0 Å². The van der Waals surface area contributed by atoms with Gasteiger partial charge in [0, 0.05) is 18.8 Å². The SMILES string of the molecule is CCC=CCCOc1cccc(NC)c1. The van der Waals surface area contributed by atoms with E-state index in [2.05, 4.69) is 24.4 Å². The second kappa shape index (κ2) is 6.93. The standard InChI is InChI=1S/C13H19NO/c1-3-4-5-6-10-15-13-9-7-8-12(11-13)14-2/h4-5,7-9,11,14H,3,6,10H2,1-2H3. The van der Waals surface area contributed by atoms with E-state index in [1.807, 2.05) is 31.3 Å². The van der Waals surface area contributed by atoms with Gasteiger partial charge in [0.25, 0.3) is 0 Å². The third kappa shape index (κ3) is 4.54. The third-order valence-corrected chi connectivity index (χ3v) is 2.08. The molecule has 0 atom stereocenters. The van der Waals surface area contributed by atoms with Crippen molar-refractivity contribution in [2.75, 3.05) is 19.0 Å². The van der Waals surface area contributed by atoms with Gasteiger partial charge in [-0.2, -0.15) is 0 Å². The molecular weight excluding hydrogens is 186 g/mol. The molecule has 15 heavy (non-hydrogen) atoms. The topological polar surface area (TPSA) is 21.3 Å². The molecule has 1 N–H and O–H groups in total. The maximum atomic E-state index is 5.60. The molecule has 82 valence electrons. The monoisotopic (exact) mass is 205 g/mol. The molecule has 0 unspecified atom stereocenters. The smallest absolute Gasteiger partial charge is 0.121 e. The fourth-order valence-corrected chi connectivity index (χ4v) is 1.27. The Morgan fingerprint density at radius 1 is 1.33 bits per heavy atom. The summed E-state index contributed by atoms with van der Waals surface area (Å²) in [6.07, 6.45) is 6.38. The molecule has 0 aliphatic heterocycles. The zero-order chi connectivity index (χ0) is 10.9. The molecule has 0 aromatic heterocycles. The Morgan fingerprint density at radius 3 is 2.93 bits per heavy atom. The summed E-state index contributed by atoms with van der Waals surface area (Å²) in [7, 11) is 1.91. The first-order valence-electron chi connectivity index (χ1n) is 5.42. The highest BCUT2D eigenvalue weighted by Crippen LogP contribution is 2.16. The van der Waals surface area contributed by atoms with Gasteiger partial charge in [0.15, 0.2) is 0 Å². The number of nitrogens with one attached hydrogen (secondary N) is 1. The van der Waals surface area contributed by atoms with Crippen molar-refractivity contribution in [1.29, 1.82) is 0 Å². The minimum absolute atomic E-state index is 0.740. The number of hydrogen-bond donors (Lipinski definition) is 1. The van der Waals surface area contributed by atoms with Gasteiger partial charge in [-0.15, -0.1) is 0 Å². The van der Waals surface area contributed by atoms with Crippen LogP contribution in [0.25, 0.3) is 0 Å². The Balaban J connectivity index is 2.33. The van der Waals surface area contributed by atoms with Gasteiger partial charge in [-0.05, 0) is 25.0 Å². The molecule has 2 nitrogen and oxygen atoms in total. The average Bonchev–Trinajstić information content (AvgIpc) is 2.29. The van der Waals surface area contributed by atoms with E-state index in [0.29, 0.717) is 0 Å². The number of anilines is 1. The molecule has 0 aliphatic rings. The normalized spacial score (nSPS) is 10.5. The number of hydrogen-bond acceptors (Lipinski definition) is 2. The van der Waals surface area contributed by atoms with E-state index < -0.39 is 0 Å². The van der Waals surface area contributed by atoms with E-state index in [1.165, 1.54) is 0 Å². The second-order valence-electron chi connectivity index (χ2n) is 3.29. The molecule has 1 aromatic rings. The Labute approximate surface area is 92.0 Å². The van der Waals surface area contributed by atoms with Crippen molar-refractivity contribution in [1.82, 2.24) is 0 Å². The predicted octanol–water partition coefficient (Wildman–Crippen LogP) is 3.46. The summed E-state index contributed by atoms with van der Waals surface area (Å²) in [6.45, 7) is 2.87. The van der Waals surface area contributed by atoms with Crippen molar-refractivity contribution in [3.63, 3.8) is 0 Å². The Kier molecular flexibility index (Phi) is 5.38. The summed E-state index contributed by atoms with van der Waals surface area (Å²) in [4.78, 5) is 0. The van der Waals surface area contributed by atoms with Crippen LogP contribution in [0.2, 0.25) is 0 Å². The van der Waals surface area contributed by atoms with Crippen molar-refractivity contribution in [3.8, 4) is 5.75 Å². The van der Waals surface area contributed by atoms with Gasteiger partial charge in [-0.3, -0.25) is 0 Å². The molecule has 0 amide bonds. The lowest BCUT2D eigenvalue weighted by atomic mass is 10.3. The van der Waals surface area contributed by atoms with Crippen molar-refractivity contribution >= 4 is 5.69 Å². The van der Waals surface area contributed by atoms with Crippen LogP contribution in [0.4, 0.5) is 5.69 Å². The molecule has 0 bridgehead atoms. The molecule has 0 fully saturated rings. The highest BCUT2D eigenvalue weighted by molar-refractivity contribution is 5.47. The van der Waals surface area contributed by atoms with E-state index in [-0.39, 0.29) is 0 Å². The average molecular weight is 205 g/mol. The fraction of sp³-hybridized carbons (Fsp3) is 0.385. The van der Waals surface area contributed by atoms with Crippen LogP contribution in [0.3, 0.4) is 0 Å². The fourth-order valence-electron chi connectivity index (χ4n) is 1.27. The van der Waals surface area contributed by atoms with E-state index in [1.54, 1.807) is 0 Å². The van der Waals surface area contributed by atoms with Crippen LogP contribution in [-0.4, -0.2) is 13.7 Å². The summed E-state index contributed by atoms with van der Waals surface area (Å²) in [5.41, 5.74) is 1.08. The van der Waals surface area contributed by atoms with E-state index in [0.717, 1.165) is 30.9 Å². The van der Waals surface area contributed by atoms with Crippen LogP contribution in [0.1, 0.15) is 19.8 Å². The van der Waals surface area contributed by atoms with Crippen LogP contribution in [0.15, 0.2) is 36.4 Å². The number of rotatable bonds is 6. The van der Waals surface area contributed by atoms with Gasteiger partial charge in [0.1, 0.15) is 5.75 Å². The highest BCUT2D eigenvalue weighted by Gasteiger charge is 1.93. The van der Waals surface area contributed by atoms with Crippen molar-refractivity contribution in [3.05, 3.63) is 36.4 Å². The van der Waals surface area contributed by atoms with Crippen LogP contribution >= 0.6 is 0 Å². The van der Waals surface area contributed by atoms with Crippen molar-refractivity contribution < 1.29 is 4.74 Å². The first-order chi connectivity index (χ1) is 7.36. The van der Waals surface area contributed by atoms with E-state index in [9.17, 15) is 0 Å². The molecule has 0 radical (unpaired) electrons. The molecule has 1 rings (SSSR count). The lowest BCUT2D eigenvalue weighted by Gasteiger charge is -2.06. The summed E-state index contributed by atoms with van der Waals surface area (Å²) in [5.74, 6) is 0.923. The minimum Gasteiger partial charge on any atom is -0.493 e. The third-order valence-electron chi connectivity index (χ3n) is 2.08. The van der Waals surface area contributed by atoms with Gasteiger partial charge in [0.05, 0.1) is 6.61 Å². The molecular formula is C13H19NO. The van der Waals surface area contributed by atoms with Gasteiger partial charge in [0.2, 0.25) is 0 Å². The van der Waals surface area contributed by atoms with Crippen LogP contribution in [0.5, 0.6) is 5.75 Å². The lowest BCUT2D eigenvalue weighted by molar-refractivity contribution is 0.325. The molecule has 1 aromatic carbocycles. The number of allylic oxidation sites excluding steroid dienone is 1. The molecule has 0 saturated heterocycles. The van der Waals surface area contributed by atoms with Crippen LogP contribution < -0.4 is 10.1 Å². The molecule has 0 saturated carbocycles. The molecule has 0 spiro atoms. The Hall–Kier alpha value is -1.44. The summed E-state index contributed by atoms with van der Waals surface area (Å²) in [5, 5.41) is 3.08. The Bertz CT molecular complexity index is 307. The maximum absolute atomic E-state index is 5.60. The number of benzene rings is 1. The summed E-state index contributed by atoms with van der Waals surface area (Å²) in [6, 6.07) is 7.99. The largest absolute Gasteiger partial charge is 0.493 e. The minimum atomic E-state index is 0.740. The van der Waals surface area contributed by atoms with Crippen LogP contribution in [0, 0.1) is 0 Å². The van der Waals surface area contributed by atoms with Crippen molar-refractivity contribution in [2.45, 2.75) is 19.8 Å². The first-order valence-corrected chi connectivity index (χ1v) is 5.42. The summed E-state index contributed by atoms with van der Waals surface area (Å²) >= 11 is 0. The second-order valence-corrected chi connectivity index (χ2v) is 3.29. The van der Waals surface area contributed by atoms with Crippen LogP contribution in [-0.2, 0) is 0 Å². The summed E-state index contributed by atoms with van der Waals surface area (Å²) < 4.78 is 5.60. The quantitative estimate of drug-likeness (QED) is 0.567. The zero-order valence-electron chi connectivity index (χ0n) is 9.49. The van der Waals surface area contributed by atoms with Gasteiger partial charge in [-0.1, -0.05) is 25.1 Å². The van der Waals surface area contributed by atoms with Gasteiger partial charge >= 0.3 is 0 Å². The van der Waals surface area contributed by atoms with Crippen molar-refractivity contribution in [2.24, 2.45) is 0 Å². The molecule has 2 heteroatoms. The maximum Gasteiger partial charge on any atom is 0.121 e. The number of ether oxygens (including phenoxy) is 1. The molecule has 0 heterocycles. The first kappa shape index (κ1) is 11.6. The zero-order valence-corrected chi connectivity index (χ0v) is 9.49. The van der Waals surface area contributed by atoms with Gasteiger partial charge < -0.3 is 10.1 Å². The highest BCUT2D eigenvalue weighted by atomic mass is 16.5.